The molecular weight excluding hydrogens is 140 g/mol. The number of hydrogen-bond donors (Lipinski definition) is 0. The molecule has 2 rings (SSSR count). The Labute approximate surface area is 65.7 Å². The Morgan fingerprint density at radius 1 is 1.45 bits per heavy atom. The van der Waals surface area contributed by atoms with E-state index in [2.05, 4.69) is 6.07 Å². The van der Waals surface area contributed by atoms with Gasteiger partial charge in [-0.1, -0.05) is 12.1 Å². The van der Waals surface area contributed by atoms with Crippen molar-refractivity contribution in [2.24, 2.45) is 0 Å². The highest BCUT2D eigenvalue weighted by atomic mass is 17.2. The van der Waals surface area contributed by atoms with Crippen LogP contribution in [0.25, 0.3) is 0 Å². The zero-order valence-corrected chi connectivity index (χ0v) is 6.17. The van der Waals surface area contributed by atoms with Crippen LogP contribution in [-0.2, 0) is 11.3 Å². The van der Waals surface area contributed by atoms with Gasteiger partial charge in [-0.2, -0.15) is 4.89 Å². The average molecular weight is 149 g/mol. The zero-order valence-electron chi connectivity index (χ0n) is 6.17. The Morgan fingerprint density at radius 2 is 2.45 bits per heavy atom. The summed E-state index contributed by atoms with van der Waals surface area (Å²) in [4.78, 5) is 9.92. The second-order valence-corrected chi connectivity index (χ2v) is 2.54. The molecule has 0 atom stereocenters. The van der Waals surface area contributed by atoms with Crippen molar-refractivity contribution in [2.45, 2.75) is 12.8 Å². The molecule has 0 spiro atoms. The molecule has 2 nitrogen and oxygen atoms in total. The van der Waals surface area contributed by atoms with E-state index >= 15 is 0 Å². The van der Waals surface area contributed by atoms with Gasteiger partial charge >= 0.3 is 0 Å². The van der Waals surface area contributed by atoms with Crippen molar-refractivity contribution in [1.29, 1.82) is 0 Å². The van der Waals surface area contributed by atoms with Crippen LogP contribution in [-0.4, -0.2) is 6.61 Å². The number of fused-ring (bicyclic) bond motifs is 1. The van der Waals surface area contributed by atoms with Gasteiger partial charge in [-0.25, -0.2) is 0 Å². The summed E-state index contributed by atoms with van der Waals surface area (Å²) in [5, 5.41) is 0. The fourth-order valence-electron chi connectivity index (χ4n) is 1.16. The molecular formula is C9H9O2. The highest BCUT2D eigenvalue weighted by Crippen LogP contribution is 2.21. The molecule has 0 N–H and O–H groups in total. The first kappa shape index (κ1) is 6.68. The maximum absolute atomic E-state index is 5.02. The molecule has 57 valence electrons. The van der Waals surface area contributed by atoms with Crippen LogP contribution in [0.2, 0.25) is 0 Å². The van der Waals surface area contributed by atoms with E-state index in [-0.39, 0.29) is 0 Å². The molecule has 1 radical (unpaired) electrons. The van der Waals surface area contributed by atoms with Crippen LogP contribution < -0.4 is 4.89 Å². The first-order valence-corrected chi connectivity index (χ1v) is 3.75. The smallest absolute Gasteiger partial charge is 0.169 e. The van der Waals surface area contributed by atoms with E-state index in [0.717, 1.165) is 18.6 Å². The first-order chi connectivity index (χ1) is 5.47. The Morgan fingerprint density at radius 3 is 3.45 bits per heavy atom. The van der Waals surface area contributed by atoms with Crippen molar-refractivity contribution < 1.29 is 9.78 Å². The molecule has 0 bridgehead atoms. The number of aryl methyl sites for hydroxylation is 1. The Balaban J connectivity index is 2.33. The van der Waals surface area contributed by atoms with Crippen molar-refractivity contribution in [3.05, 3.63) is 29.8 Å². The SMILES string of the molecule is [c]1ccc2c(c1)OOCCC2. The standard InChI is InChI=1S/C9H9O2/c1-2-6-9-8(4-1)5-3-7-10-11-9/h1,4,6H,3,5,7H2. The van der Waals surface area contributed by atoms with Gasteiger partial charge in [0.2, 0.25) is 0 Å². The van der Waals surface area contributed by atoms with Crippen LogP contribution in [0.1, 0.15) is 12.0 Å². The molecule has 0 saturated heterocycles. The topological polar surface area (TPSA) is 18.5 Å². The second kappa shape index (κ2) is 2.93. The Hall–Kier alpha value is -1.02. The zero-order chi connectivity index (χ0) is 7.52. The molecule has 1 aromatic rings. The van der Waals surface area contributed by atoms with Crippen molar-refractivity contribution >= 4 is 0 Å². The van der Waals surface area contributed by atoms with Gasteiger partial charge in [-0.05, 0) is 30.5 Å². The van der Waals surface area contributed by atoms with Crippen molar-refractivity contribution in [2.75, 3.05) is 6.61 Å². The lowest BCUT2D eigenvalue weighted by atomic mass is 10.1. The summed E-state index contributed by atoms with van der Waals surface area (Å²) in [6.45, 7) is 0.675. The van der Waals surface area contributed by atoms with Gasteiger partial charge in [0.25, 0.3) is 0 Å². The largest absolute Gasteiger partial charge is 0.337 e. The van der Waals surface area contributed by atoms with Crippen LogP contribution in [0.3, 0.4) is 0 Å². The monoisotopic (exact) mass is 149 g/mol. The fourth-order valence-corrected chi connectivity index (χ4v) is 1.16. The van der Waals surface area contributed by atoms with Gasteiger partial charge in [-0.3, -0.25) is 0 Å². The molecule has 11 heavy (non-hydrogen) atoms. The third-order valence-electron chi connectivity index (χ3n) is 1.73. The lowest BCUT2D eigenvalue weighted by Crippen LogP contribution is -1.94. The summed E-state index contributed by atoms with van der Waals surface area (Å²) >= 11 is 0. The molecule has 1 aliphatic heterocycles. The third kappa shape index (κ3) is 1.35. The molecule has 1 aliphatic rings. The van der Waals surface area contributed by atoms with Crippen LogP contribution >= 0.6 is 0 Å². The quantitative estimate of drug-likeness (QED) is 0.523. The van der Waals surface area contributed by atoms with E-state index in [1.54, 1.807) is 6.07 Å². The van der Waals surface area contributed by atoms with E-state index in [4.69, 9.17) is 9.78 Å². The maximum Gasteiger partial charge on any atom is 0.169 e. The fraction of sp³-hybridized carbons (Fsp3) is 0.333. The van der Waals surface area contributed by atoms with Gasteiger partial charge in [0.1, 0.15) is 0 Å². The van der Waals surface area contributed by atoms with Crippen LogP contribution in [0.4, 0.5) is 0 Å². The van der Waals surface area contributed by atoms with Gasteiger partial charge in [-0.15, -0.1) is 0 Å². The van der Waals surface area contributed by atoms with Gasteiger partial charge in [0, 0.05) is 0 Å². The average Bonchev–Trinajstić information content (AvgIpc) is 2.28. The summed E-state index contributed by atoms with van der Waals surface area (Å²) in [5.41, 5.74) is 1.21. The minimum atomic E-state index is 0.675. The van der Waals surface area contributed by atoms with E-state index in [1.807, 2.05) is 12.1 Å². The lowest BCUT2D eigenvalue weighted by molar-refractivity contribution is -0.203. The molecule has 0 fully saturated rings. The second-order valence-electron chi connectivity index (χ2n) is 2.54. The number of hydrogen-bond acceptors (Lipinski definition) is 2. The van der Waals surface area contributed by atoms with E-state index in [1.165, 1.54) is 5.56 Å². The summed E-state index contributed by atoms with van der Waals surface area (Å²) in [7, 11) is 0. The maximum atomic E-state index is 5.02. The molecule has 0 amide bonds. The van der Waals surface area contributed by atoms with E-state index in [0.29, 0.717) is 6.61 Å². The summed E-state index contributed by atoms with van der Waals surface area (Å²) < 4.78 is 0. The number of benzene rings is 1. The van der Waals surface area contributed by atoms with Crippen molar-refractivity contribution in [1.82, 2.24) is 0 Å². The van der Waals surface area contributed by atoms with Crippen molar-refractivity contribution in [3.63, 3.8) is 0 Å². The Bertz CT molecular complexity index is 220. The molecule has 0 aromatic heterocycles. The Kier molecular flexibility index (Phi) is 1.78. The normalized spacial score (nSPS) is 16.4. The van der Waals surface area contributed by atoms with Crippen molar-refractivity contribution in [3.8, 4) is 5.75 Å². The third-order valence-corrected chi connectivity index (χ3v) is 1.73. The predicted molar refractivity (Wildman–Crippen MR) is 40.2 cm³/mol. The first-order valence-electron chi connectivity index (χ1n) is 3.75. The summed E-state index contributed by atoms with van der Waals surface area (Å²) in [6, 6.07) is 8.66. The molecule has 0 unspecified atom stereocenters. The van der Waals surface area contributed by atoms with Gasteiger partial charge < -0.3 is 4.89 Å². The van der Waals surface area contributed by atoms with Gasteiger partial charge in [0.05, 0.1) is 6.61 Å². The highest BCUT2D eigenvalue weighted by molar-refractivity contribution is 5.32. The van der Waals surface area contributed by atoms with Crippen LogP contribution in [0.5, 0.6) is 5.75 Å². The van der Waals surface area contributed by atoms with Gasteiger partial charge in [0.15, 0.2) is 5.75 Å². The molecule has 2 heteroatoms. The molecule has 0 saturated carbocycles. The van der Waals surface area contributed by atoms with E-state index in [9.17, 15) is 0 Å². The summed E-state index contributed by atoms with van der Waals surface area (Å²) in [6.07, 6.45) is 2.06. The molecule has 1 heterocycles. The van der Waals surface area contributed by atoms with Crippen LogP contribution in [0.15, 0.2) is 18.2 Å². The number of rotatable bonds is 0. The highest BCUT2D eigenvalue weighted by Gasteiger charge is 2.07. The minimum absolute atomic E-state index is 0.675. The molecule has 1 aromatic carbocycles. The van der Waals surface area contributed by atoms with E-state index < -0.39 is 0 Å². The molecule has 0 aliphatic carbocycles. The lowest BCUT2D eigenvalue weighted by Gasteiger charge is -2.01. The summed E-state index contributed by atoms with van der Waals surface area (Å²) in [5.74, 6) is 0.810. The predicted octanol–water partition coefficient (Wildman–Crippen LogP) is 1.74. The van der Waals surface area contributed by atoms with Crippen LogP contribution in [0, 0.1) is 6.07 Å². The minimum Gasteiger partial charge on any atom is -0.337 e.